The fraction of sp³-hybridized carbons (Fsp3) is 0.533. The Hall–Kier alpha value is -1.42. The zero-order valence-electron chi connectivity index (χ0n) is 11.7. The van der Waals surface area contributed by atoms with Crippen molar-refractivity contribution in [3.05, 3.63) is 35.9 Å². The van der Waals surface area contributed by atoms with Crippen LogP contribution in [0.4, 0.5) is 4.39 Å². The Kier molecular flexibility index (Phi) is 3.63. The molecule has 19 heavy (non-hydrogen) atoms. The Balaban J connectivity index is 2.08. The van der Waals surface area contributed by atoms with Gasteiger partial charge in [-0.25, -0.2) is 4.39 Å². The van der Waals surface area contributed by atoms with Crippen molar-refractivity contribution in [1.82, 2.24) is 10.2 Å². The molecule has 1 aromatic rings. The highest BCUT2D eigenvalue weighted by molar-refractivity contribution is 5.87. The van der Waals surface area contributed by atoms with Crippen LogP contribution in [0.1, 0.15) is 25.3 Å². The summed E-state index contributed by atoms with van der Waals surface area (Å²) in [5.74, 6) is -0.543. The number of likely N-dealkylation sites (N-methyl/N-ethyl adjacent to an activating group) is 1. The molecule has 1 saturated carbocycles. The number of nitrogens with zero attached hydrogens (tertiary/aromatic N) is 1. The van der Waals surface area contributed by atoms with Gasteiger partial charge in [0.2, 0.25) is 5.67 Å². The number of amides is 1. The first kappa shape index (κ1) is 14.0. The molecular formula is C15H21FN2O. The molecule has 1 N–H and O–H groups in total. The third-order valence-corrected chi connectivity index (χ3v) is 3.59. The SMILES string of the molecule is CN(C)CC1(NC(=O)C(C)(F)c2ccccc2)CC1. The highest BCUT2D eigenvalue weighted by Gasteiger charge is 2.48. The average molecular weight is 264 g/mol. The second kappa shape index (κ2) is 4.93. The minimum atomic E-state index is -1.98. The minimum Gasteiger partial charge on any atom is -0.346 e. The number of benzene rings is 1. The number of hydrogen-bond donors (Lipinski definition) is 1. The lowest BCUT2D eigenvalue weighted by Crippen LogP contribution is -2.49. The third kappa shape index (κ3) is 3.13. The summed E-state index contributed by atoms with van der Waals surface area (Å²) in [6, 6.07) is 8.59. The Morgan fingerprint density at radius 3 is 2.42 bits per heavy atom. The number of nitrogens with one attached hydrogen (secondary N) is 1. The van der Waals surface area contributed by atoms with E-state index in [2.05, 4.69) is 5.32 Å². The average Bonchev–Trinajstić information content (AvgIpc) is 3.08. The number of hydrogen-bond acceptors (Lipinski definition) is 2. The number of alkyl halides is 1. The van der Waals surface area contributed by atoms with E-state index in [4.69, 9.17) is 0 Å². The molecule has 1 aliphatic carbocycles. The Labute approximate surface area is 113 Å². The predicted molar refractivity (Wildman–Crippen MR) is 73.6 cm³/mol. The monoisotopic (exact) mass is 264 g/mol. The zero-order valence-corrected chi connectivity index (χ0v) is 11.7. The molecule has 1 amide bonds. The summed E-state index contributed by atoms with van der Waals surface area (Å²) in [6.45, 7) is 2.08. The highest BCUT2D eigenvalue weighted by atomic mass is 19.1. The summed E-state index contributed by atoms with van der Waals surface area (Å²) in [6.07, 6.45) is 1.84. The Bertz CT molecular complexity index is 452. The fourth-order valence-electron chi connectivity index (χ4n) is 2.32. The topological polar surface area (TPSA) is 32.3 Å². The van der Waals surface area contributed by atoms with Crippen LogP contribution in [-0.4, -0.2) is 37.0 Å². The van der Waals surface area contributed by atoms with E-state index in [9.17, 15) is 9.18 Å². The summed E-state index contributed by atoms with van der Waals surface area (Å²) < 4.78 is 14.7. The maximum absolute atomic E-state index is 14.7. The van der Waals surface area contributed by atoms with Gasteiger partial charge in [0.25, 0.3) is 5.91 Å². The summed E-state index contributed by atoms with van der Waals surface area (Å²) in [5.41, 5.74) is -1.82. The maximum atomic E-state index is 14.7. The summed E-state index contributed by atoms with van der Waals surface area (Å²) in [5, 5.41) is 2.88. The number of halogens is 1. The van der Waals surface area contributed by atoms with Crippen molar-refractivity contribution in [2.75, 3.05) is 20.6 Å². The first-order valence-corrected chi connectivity index (χ1v) is 6.58. The molecule has 0 aromatic heterocycles. The Morgan fingerprint density at radius 1 is 1.37 bits per heavy atom. The third-order valence-electron chi connectivity index (χ3n) is 3.59. The van der Waals surface area contributed by atoms with Gasteiger partial charge >= 0.3 is 0 Å². The molecular weight excluding hydrogens is 243 g/mol. The molecule has 4 heteroatoms. The van der Waals surface area contributed by atoms with Gasteiger partial charge in [0.15, 0.2) is 0 Å². The van der Waals surface area contributed by atoms with Crippen LogP contribution in [0.2, 0.25) is 0 Å². The van der Waals surface area contributed by atoms with Gasteiger partial charge in [-0.3, -0.25) is 4.79 Å². The molecule has 0 spiro atoms. The molecule has 3 nitrogen and oxygen atoms in total. The van der Waals surface area contributed by atoms with E-state index in [0.29, 0.717) is 5.56 Å². The minimum absolute atomic E-state index is 0.233. The van der Waals surface area contributed by atoms with Crippen LogP contribution < -0.4 is 5.32 Å². The molecule has 0 bridgehead atoms. The lowest BCUT2D eigenvalue weighted by atomic mass is 9.96. The van der Waals surface area contributed by atoms with E-state index in [1.54, 1.807) is 24.3 Å². The molecule has 104 valence electrons. The number of carbonyl (C=O) groups is 1. The van der Waals surface area contributed by atoms with Gasteiger partial charge < -0.3 is 10.2 Å². The largest absolute Gasteiger partial charge is 0.346 e. The van der Waals surface area contributed by atoms with Crippen LogP contribution in [0, 0.1) is 0 Å². The molecule has 0 aliphatic heterocycles. The van der Waals surface area contributed by atoms with Crippen LogP contribution in [0.5, 0.6) is 0 Å². The quantitative estimate of drug-likeness (QED) is 0.883. The second-order valence-electron chi connectivity index (χ2n) is 5.84. The molecule has 1 unspecified atom stereocenters. The lowest BCUT2D eigenvalue weighted by molar-refractivity contribution is -0.133. The van der Waals surface area contributed by atoms with E-state index in [1.165, 1.54) is 6.92 Å². The van der Waals surface area contributed by atoms with Crippen molar-refractivity contribution in [2.24, 2.45) is 0 Å². The van der Waals surface area contributed by atoms with Gasteiger partial charge in [0.1, 0.15) is 0 Å². The molecule has 0 heterocycles. The zero-order chi connectivity index (χ0) is 14.1. The summed E-state index contributed by atoms with van der Waals surface area (Å²) in [7, 11) is 3.91. The van der Waals surface area contributed by atoms with Gasteiger partial charge in [-0.2, -0.15) is 0 Å². The molecule has 1 aliphatic rings. The second-order valence-corrected chi connectivity index (χ2v) is 5.84. The maximum Gasteiger partial charge on any atom is 0.262 e. The fourth-order valence-corrected chi connectivity index (χ4v) is 2.32. The molecule has 1 fully saturated rings. The van der Waals surface area contributed by atoms with Gasteiger partial charge in [-0.15, -0.1) is 0 Å². The lowest BCUT2D eigenvalue weighted by Gasteiger charge is -2.26. The first-order chi connectivity index (χ1) is 8.86. The Morgan fingerprint density at radius 2 is 1.95 bits per heavy atom. The molecule has 2 rings (SSSR count). The van der Waals surface area contributed by atoms with E-state index in [0.717, 1.165) is 19.4 Å². The van der Waals surface area contributed by atoms with Crippen molar-refractivity contribution in [2.45, 2.75) is 31.0 Å². The first-order valence-electron chi connectivity index (χ1n) is 6.58. The molecule has 1 atom stereocenters. The van der Waals surface area contributed by atoms with Crippen LogP contribution in [0.15, 0.2) is 30.3 Å². The van der Waals surface area contributed by atoms with Crippen LogP contribution in [-0.2, 0) is 10.5 Å². The van der Waals surface area contributed by atoms with Crippen LogP contribution in [0.3, 0.4) is 0 Å². The van der Waals surface area contributed by atoms with Crippen molar-refractivity contribution in [3.8, 4) is 0 Å². The van der Waals surface area contributed by atoms with E-state index < -0.39 is 11.6 Å². The normalized spacial score (nSPS) is 19.8. The predicted octanol–water partition coefficient (Wildman–Crippen LogP) is 2.08. The molecule has 1 aromatic carbocycles. The number of rotatable bonds is 5. The van der Waals surface area contributed by atoms with Crippen LogP contribution in [0.25, 0.3) is 0 Å². The van der Waals surface area contributed by atoms with Gasteiger partial charge in [-0.1, -0.05) is 30.3 Å². The van der Waals surface area contributed by atoms with Crippen molar-refractivity contribution in [3.63, 3.8) is 0 Å². The molecule has 0 radical (unpaired) electrons. The van der Waals surface area contributed by atoms with Crippen molar-refractivity contribution >= 4 is 5.91 Å². The summed E-state index contributed by atoms with van der Waals surface area (Å²) in [4.78, 5) is 14.2. The van der Waals surface area contributed by atoms with E-state index in [1.807, 2.05) is 25.1 Å². The van der Waals surface area contributed by atoms with Crippen molar-refractivity contribution in [1.29, 1.82) is 0 Å². The van der Waals surface area contributed by atoms with Gasteiger partial charge in [0, 0.05) is 6.54 Å². The van der Waals surface area contributed by atoms with Crippen molar-refractivity contribution < 1.29 is 9.18 Å². The van der Waals surface area contributed by atoms with Gasteiger partial charge in [0.05, 0.1) is 5.54 Å². The van der Waals surface area contributed by atoms with Gasteiger partial charge in [-0.05, 0) is 39.4 Å². The number of carbonyl (C=O) groups excluding carboxylic acids is 1. The summed E-state index contributed by atoms with van der Waals surface area (Å²) >= 11 is 0. The van der Waals surface area contributed by atoms with E-state index in [-0.39, 0.29) is 5.54 Å². The smallest absolute Gasteiger partial charge is 0.262 e. The highest BCUT2D eigenvalue weighted by Crippen LogP contribution is 2.37. The standard InChI is InChI=1S/C15H21FN2O/c1-14(16,12-7-5-4-6-8-12)13(19)17-15(9-10-15)11-18(2)3/h4-8H,9-11H2,1-3H3,(H,17,19). The van der Waals surface area contributed by atoms with E-state index >= 15 is 0 Å². The molecule has 0 saturated heterocycles. The van der Waals surface area contributed by atoms with Crippen LogP contribution >= 0.6 is 0 Å².